The van der Waals surface area contributed by atoms with Gasteiger partial charge in [-0.05, 0) is 30.5 Å². The summed E-state index contributed by atoms with van der Waals surface area (Å²) < 4.78 is 45.3. The number of nitrogens with one attached hydrogen (secondary N) is 1. The zero-order chi connectivity index (χ0) is 16.9. The predicted molar refractivity (Wildman–Crippen MR) is 83.8 cm³/mol. The first-order valence-corrected chi connectivity index (χ1v) is 7.25. The molecular weight excluding hydrogens is 349 g/mol. The molecule has 2 rings (SSSR count). The second-order valence-electron chi connectivity index (χ2n) is 5.47. The molecule has 1 aliphatic rings. The summed E-state index contributed by atoms with van der Waals surface area (Å²) in [4.78, 5) is 12.4. The van der Waals surface area contributed by atoms with Crippen LogP contribution in [0.25, 0.3) is 0 Å². The Morgan fingerprint density at radius 1 is 1.25 bits per heavy atom. The summed E-state index contributed by atoms with van der Waals surface area (Å²) in [5.41, 5.74) is 5.79. The van der Waals surface area contributed by atoms with Crippen LogP contribution in [-0.4, -0.2) is 32.0 Å². The van der Waals surface area contributed by atoms with Crippen LogP contribution < -0.4 is 15.8 Å². The number of amides is 1. The molecule has 0 radical (unpaired) electrons. The largest absolute Gasteiger partial charge is 0.573 e. The standard InChI is InChI=1S/C15H19F3N2O3.ClH/c16-15(17,18)23-12-3-1-11(2-4-12)9-20-13(21)14(10-19)5-7-22-8-6-14;/h1-4H,5-10,19H2,(H,20,21);1H. The number of hydrogen-bond acceptors (Lipinski definition) is 4. The fourth-order valence-corrected chi connectivity index (χ4v) is 2.46. The number of carbonyl (C=O) groups excluding carboxylic acids is 1. The summed E-state index contributed by atoms with van der Waals surface area (Å²) >= 11 is 0. The topological polar surface area (TPSA) is 73.6 Å². The van der Waals surface area contributed by atoms with E-state index in [0.717, 1.165) is 0 Å². The smallest absolute Gasteiger partial charge is 0.406 e. The average Bonchev–Trinajstić information content (AvgIpc) is 2.53. The molecule has 0 aromatic heterocycles. The van der Waals surface area contributed by atoms with E-state index in [-0.39, 0.29) is 37.2 Å². The highest BCUT2D eigenvalue weighted by atomic mass is 35.5. The van der Waals surface area contributed by atoms with E-state index in [0.29, 0.717) is 31.6 Å². The van der Waals surface area contributed by atoms with Crippen molar-refractivity contribution >= 4 is 18.3 Å². The van der Waals surface area contributed by atoms with Crippen LogP contribution in [0.2, 0.25) is 0 Å². The predicted octanol–water partition coefficient (Wildman–Crippen LogP) is 2.38. The van der Waals surface area contributed by atoms with Crippen LogP contribution in [0.15, 0.2) is 24.3 Å². The van der Waals surface area contributed by atoms with Crippen molar-refractivity contribution in [2.75, 3.05) is 19.8 Å². The van der Waals surface area contributed by atoms with Crippen LogP contribution in [0.3, 0.4) is 0 Å². The monoisotopic (exact) mass is 368 g/mol. The van der Waals surface area contributed by atoms with Crippen molar-refractivity contribution in [3.63, 3.8) is 0 Å². The molecule has 5 nitrogen and oxygen atoms in total. The Hall–Kier alpha value is -1.51. The van der Waals surface area contributed by atoms with Crippen LogP contribution in [0, 0.1) is 5.41 Å². The normalized spacial score (nSPS) is 16.8. The van der Waals surface area contributed by atoms with E-state index in [1.807, 2.05) is 0 Å². The van der Waals surface area contributed by atoms with E-state index in [2.05, 4.69) is 10.1 Å². The van der Waals surface area contributed by atoms with E-state index >= 15 is 0 Å². The van der Waals surface area contributed by atoms with Crippen molar-refractivity contribution in [3.05, 3.63) is 29.8 Å². The summed E-state index contributed by atoms with van der Waals surface area (Å²) in [6.45, 7) is 1.44. The van der Waals surface area contributed by atoms with E-state index in [4.69, 9.17) is 10.5 Å². The molecule has 0 aliphatic carbocycles. The molecule has 3 N–H and O–H groups in total. The summed E-state index contributed by atoms with van der Waals surface area (Å²) in [6, 6.07) is 5.37. The molecule has 1 fully saturated rings. The van der Waals surface area contributed by atoms with Crippen LogP contribution in [0.4, 0.5) is 13.2 Å². The number of ether oxygens (including phenoxy) is 2. The van der Waals surface area contributed by atoms with Crippen LogP contribution >= 0.6 is 12.4 Å². The number of halogens is 4. The Morgan fingerprint density at radius 3 is 2.33 bits per heavy atom. The summed E-state index contributed by atoms with van der Waals surface area (Å²) in [5, 5.41) is 2.79. The lowest BCUT2D eigenvalue weighted by atomic mass is 9.79. The quantitative estimate of drug-likeness (QED) is 0.837. The van der Waals surface area contributed by atoms with Gasteiger partial charge in [0.2, 0.25) is 5.91 Å². The molecule has 0 unspecified atom stereocenters. The fraction of sp³-hybridized carbons (Fsp3) is 0.533. The number of nitrogens with two attached hydrogens (primary N) is 1. The second-order valence-corrected chi connectivity index (χ2v) is 5.47. The molecule has 9 heteroatoms. The minimum atomic E-state index is -4.72. The molecule has 0 spiro atoms. The zero-order valence-corrected chi connectivity index (χ0v) is 13.7. The third kappa shape index (κ3) is 5.54. The van der Waals surface area contributed by atoms with Crippen molar-refractivity contribution in [1.29, 1.82) is 0 Å². The second kappa shape index (κ2) is 8.55. The lowest BCUT2D eigenvalue weighted by molar-refractivity contribution is -0.274. The van der Waals surface area contributed by atoms with Crippen LogP contribution in [0.1, 0.15) is 18.4 Å². The average molecular weight is 369 g/mol. The van der Waals surface area contributed by atoms with E-state index in [1.54, 1.807) is 0 Å². The van der Waals surface area contributed by atoms with Gasteiger partial charge in [-0.2, -0.15) is 0 Å². The lowest BCUT2D eigenvalue weighted by Gasteiger charge is -2.34. The molecule has 0 saturated carbocycles. The molecule has 136 valence electrons. The first-order chi connectivity index (χ1) is 10.8. The minimum Gasteiger partial charge on any atom is -0.406 e. The van der Waals surface area contributed by atoms with Gasteiger partial charge in [0.05, 0.1) is 5.41 Å². The van der Waals surface area contributed by atoms with Gasteiger partial charge in [0.15, 0.2) is 0 Å². The molecular formula is C15H20ClF3N2O3. The number of rotatable bonds is 5. The van der Waals surface area contributed by atoms with Gasteiger partial charge in [0, 0.05) is 26.3 Å². The molecule has 1 aliphatic heterocycles. The van der Waals surface area contributed by atoms with Gasteiger partial charge in [0.25, 0.3) is 0 Å². The maximum atomic E-state index is 12.4. The zero-order valence-electron chi connectivity index (χ0n) is 12.9. The molecule has 0 bridgehead atoms. The Labute approximate surface area is 144 Å². The van der Waals surface area contributed by atoms with Crippen LogP contribution in [0.5, 0.6) is 5.75 Å². The maximum Gasteiger partial charge on any atom is 0.573 e. The maximum absolute atomic E-state index is 12.4. The van der Waals surface area contributed by atoms with E-state index in [1.165, 1.54) is 24.3 Å². The molecule has 1 amide bonds. The van der Waals surface area contributed by atoms with Crippen molar-refractivity contribution < 1.29 is 27.4 Å². The Morgan fingerprint density at radius 2 is 1.83 bits per heavy atom. The van der Waals surface area contributed by atoms with Gasteiger partial charge < -0.3 is 20.5 Å². The Balaban J connectivity index is 0.00000288. The number of hydrogen-bond donors (Lipinski definition) is 2. The SMILES string of the molecule is Cl.NCC1(C(=O)NCc2ccc(OC(F)(F)F)cc2)CCOCC1. The molecule has 1 aromatic rings. The lowest BCUT2D eigenvalue weighted by Crippen LogP contribution is -2.48. The number of carbonyl (C=O) groups is 1. The first kappa shape index (κ1) is 20.5. The third-order valence-corrected chi connectivity index (χ3v) is 3.93. The van der Waals surface area contributed by atoms with Gasteiger partial charge >= 0.3 is 6.36 Å². The number of alkyl halides is 3. The van der Waals surface area contributed by atoms with Crippen molar-refractivity contribution in [2.24, 2.45) is 11.1 Å². The van der Waals surface area contributed by atoms with Crippen LogP contribution in [-0.2, 0) is 16.1 Å². The highest BCUT2D eigenvalue weighted by Crippen LogP contribution is 2.29. The van der Waals surface area contributed by atoms with Gasteiger partial charge in [0.1, 0.15) is 5.75 Å². The summed E-state index contributed by atoms with van der Waals surface area (Å²) in [5.74, 6) is -0.450. The third-order valence-electron chi connectivity index (χ3n) is 3.93. The van der Waals surface area contributed by atoms with Gasteiger partial charge in [-0.15, -0.1) is 25.6 Å². The highest BCUT2D eigenvalue weighted by Gasteiger charge is 2.38. The number of benzene rings is 1. The van der Waals surface area contributed by atoms with Gasteiger partial charge in [-0.3, -0.25) is 4.79 Å². The molecule has 1 aromatic carbocycles. The Kier molecular flexibility index (Phi) is 7.31. The summed E-state index contributed by atoms with van der Waals surface area (Å²) in [6.07, 6.45) is -3.59. The first-order valence-electron chi connectivity index (χ1n) is 7.25. The van der Waals surface area contributed by atoms with E-state index < -0.39 is 11.8 Å². The molecule has 24 heavy (non-hydrogen) atoms. The Bertz CT molecular complexity index is 532. The van der Waals surface area contributed by atoms with Crippen molar-refractivity contribution in [1.82, 2.24) is 5.32 Å². The van der Waals surface area contributed by atoms with Gasteiger partial charge in [-0.1, -0.05) is 12.1 Å². The summed E-state index contributed by atoms with van der Waals surface area (Å²) in [7, 11) is 0. The van der Waals surface area contributed by atoms with Crippen molar-refractivity contribution in [2.45, 2.75) is 25.7 Å². The molecule has 1 saturated heterocycles. The highest BCUT2D eigenvalue weighted by molar-refractivity contribution is 5.85. The fourth-order valence-electron chi connectivity index (χ4n) is 2.46. The van der Waals surface area contributed by atoms with E-state index in [9.17, 15) is 18.0 Å². The molecule has 0 atom stereocenters. The minimum absolute atomic E-state index is 0. The van der Waals surface area contributed by atoms with Gasteiger partial charge in [-0.25, -0.2) is 0 Å². The molecule has 1 heterocycles. The van der Waals surface area contributed by atoms with Crippen molar-refractivity contribution in [3.8, 4) is 5.75 Å².